The van der Waals surface area contributed by atoms with Crippen molar-refractivity contribution in [3.63, 3.8) is 0 Å². The monoisotopic (exact) mass is 641 g/mol. The number of hydrogen-bond acceptors (Lipinski definition) is 7. The number of aliphatic imine (C=N–C) groups is 1. The Hall–Kier alpha value is -2.88. The van der Waals surface area contributed by atoms with Crippen LogP contribution in [0.25, 0.3) is 0 Å². The van der Waals surface area contributed by atoms with Gasteiger partial charge in [0, 0.05) is 62.2 Å². The van der Waals surface area contributed by atoms with Gasteiger partial charge in [-0.25, -0.2) is 9.38 Å². The lowest BCUT2D eigenvalue weighted by Gasteiger charge is -2.43. The average molecular weight is 643 g/mol. The largest absolute Gasteiger partial charge is 0.508 e. The maximum absolute atomic E-state index is 14.0. The van der Waals surface area contributed by atoms with Crippen molar-refractivity contribution in [2.75, 3.05) is 52.4 Å². The zero-order valence-corrected chi connectivity index (χ0v) is 26.7. The van der Waals surface area contributed by atoms with Crippen LogP contribution in [-0.4, -0.2) is 95.3 Å². The molecular weight excluding hydrogens is 600 g/mol. The van der Waals surface area contributed by atoms with Gasteiger partial charge in [-0.1, -0.05) is 47.5 Å². The highest BCUT2D eigenvalue weighted by Gasteiger charge is 2.29. The molecule has 0 amide bonds. The molecule has 0 bridgehead atoms. The molecule has 0 radical (unpaired) electrons. The van der Waals surface area contributed by atoms with Crippen LogP contribution in [0.2, 0.25) is 0 Å². The SMILES string of the molecule is C/C=C(\NCC1=CC(Cl)=CC(O)=CC1)C1=CN=C(N2CCN(C3CCN(CC4=CC=CC(O)C(F)=C4)CC3)CC2)C(Cl)=CC1. The molecule has 10 heteroatoms. The first-order valence-corrected chi connectivity index (χ1v) is 16.2. The van der Waals surface area contributed by atoms with E-state index in [1.165, 1.54) is 12.2 Å². The smallest absolute Gasteiger partial charge is 0.147 e. The second-order valence-electron chi connectivity index (χ2n) is 11.7. The van der Waals surface area contributed by atoms with Gasteiger partial charge in [0.15, 0.2) is 0 Å². The fourth-order valence-electron chi connectivity index (χ4n) is 6.21. The van der Waals surface area contributed by atoms with Gasteiger partial charge in [0.25, 0.3) is 0 Å². The van der Waals surface area contributed by atoms with Crippen molar-refractivity contribution < 1.29 is 14.6 Å². The molecule has 2 fully saturated rings. The van der Waals surface area contributed by atoms with Crippen molar-refractivity contribution >= 4 is 29.0 Å². The second kappa shape index (κ2) is 15.4. The minimum Gasteiger partial charge on any atom is -0.508 e. The Morgan fingerprint density at radius 1 is 1.07 bits per heavy atom. The normalized spacial score (nSPS) is 24.9. The zero-order chi connectivity index (χ0) is 31.1. The predicted octanol–water partition coefficient (Wildman–Crippen LogP) is 5.98. The molecule has 236 valence electrons. The van der Waals surface area contributed by atoms with Gasteiger partial charge in [0.2, 0.25) is 0 Å². The van der Waals surface area contributed by atoms with Gasteiger partial charge < -0.3 is 20.4 Å². The lowest BCUT2D eigenvalue weighted by Crippen LogP contribution is -2.54. The minimum atomic E-state index is -1.14. The highest BCUT2D eigenvalue weighted by Crippen LogP contribution is 2.25. The van der Waals surface area contributed by atoms with Crippen LogP contribution >= 0.6 is 23.2 Å². The summed E-state index contributed by atoms with van der Waals surface area (Å²) in [4.78, 5) is 12.1. The summed E-state index contributed by atoms with van der Waals surface area (Å²) in [7, 11) is 0. The fraction of sp³-hybridized carbons (Fsp3) is 0.441. The van der Waals surface area contributed by atoms with Crippen LogP contribution in [-0.2, 0) is 0 Å². The molecule has 3 heterocycles. The number of hydrogen-bond donors (Lipinski definition) is 3. The minimum absolute atomic E-state index is 0.183. The third kappa shape index (κ3) is 8.64. The highest BCUT2D eigenvalue weighted by molar-refractivity contribution is 6.43. The van der Waals surface area contributed by atoms with Crippen LogP contribution in [0.1, 0.15) is 32.6 Å². The van der Waals surface area contributed by atoms with E-state index in [-0.39, 0.29) is 5.76 Å². The molecular formula is C34H42Cl2FN5O2. The molecule has 7 nitrogen and oxygen atoms in total. The molecule has 5 aliphatic rings. The topological polar surface area (TPSA) is 74.6 Å². The molecule has 2 aliphatic carbocycles. The molecule has 1 atom stereocenters. The van der Waals surface area contributed by atoms with Crippen molar-refractivity contribution in [3.8, 4) is 0 Å². The first-order chi connectivity index (χ1) is 21.3. The number of rotatable bonds is 7. The average Bonchev–Trinajstić information content (AvgIpc) is 3.39. The highest BCUT2D eigenvalue weighted by atomic mass is 35.5. The van der Waals surface area contributed by atoms with E-state index in [0.717, 1.165) is 80.4 Å². The molecule has 2 saturated heterocycles. The number of likely N-dealkylation sites (tertiary alicyclic amines) is 1. The number of allylic oxidation sites excluding steroid dienone is 9. The van der Waals surface area contributed by atoms with Crippen molar-refractivity contribution in [1.29, 1.82) is 0 Å². The van der Waals surface area contributed by atoms with Crippen LogP contribution in [0.15, 0.2) is 110 Å². The van der Waals surface area contributed by atoms with Crippen molar-refractivity contribution in [2.45, 2.75) is 44.8 Å². The summed E-state index contributed by atoms with van der Waals surface area (Å²) in [6.45, 7) is 8.91. The van der Waals surface area contributed by atoms with Crippen LogP contribution in [0.3, 0.4) is 0 Å². The molecule has 0 spiro atoms. The number of aliphatic hydroxyl groups excluding tert-OH is 2. The molecule has 1 unspecified atom stereocenters. The third-order valence-corrected chi connectivity index (χ3v) is 9.24. The quantitative estimate of drug-likeness (QED) is 0.318. The summed E-state index contributed by atoms with van der Waals surface area (Å²) in [5, 5.41) is 24.2. The van der Waals surface area contributed by atoms with E-state index in [1.807, 2.05) is 37.4 Å². The Balaban J connectivity index is 1.11. The van der Waals surface area contributed by atoms with E-state index in [9.17, 15) is 14.6 Å². The number of piperazine rings is 1. The number of piperidine rings is 1. The molecule has 3 aliphatic heterocycles. The first-order valence-electron chi connectivity index (χ1n) is 15.4. The summed E-state index contributed by atoms with van der Waals surface area (Å²) in [6.07, 6.45) is 20.1. The van der Waals surface area contributed by atoms with E-state index in [2.05, 4.69) is 20.0 Å². The van der Waals surface area contributed by atoms with Crippen LogP contribution in [0.4, 0.5) is 4.39 Å². The predicted molar refractivity (Wildman–Crippen MR) is 178 cm³/mol. The Labute approximate surface area is 270 Å². The maximum atomic E-state index is 14.0. The maximum Gasteiger partial charge on any atom is 0.147 e. The van der Waals surface area contributed by atoms with Crippen LogP contribution < -0.4 is 5.32 Å². The number of nitrogens with zero attached hydrogens (tertiary/aromatic N) is 4. The summed E-state index contributed by atoms with van der Waals surface area (Å²) in [6, 6.07) is 0.538. The van der Waals surface area contributed by atoms with Gasteiger partial charge in [-0.15, -0.1) is 0 Å². The fourth-order valence-corrected chi connectivity index (χ4v) is 6.72. The van der Waals surface area contributed by atoms with E-state index >= 15 is 0 Å². The molecule has 3 N–H and O–H groups in total. The Kier molecular flexibility index (Phi) is 11.4. The Morgan fingerprint density at radius 2 is 1.84 bits per heavy atom. The van der Waals surface area contributed by atoms with Gasteiger partial charge in [0.1, 0.15) is 23.5 Å². The van der Waals surface area contributed by atoms with Gasteiger partial charge in [-0.3, -0.25) is 9.80 Å². The third-order valence-electron chi connectivity index (χ3n) is 8.70. The molecule has 44 heavy (non-hydrogen) atoms. The van der Waals surface area contributed by atoms with E-state index in [4.69, 9.17) is 28.2 Å². The lowest BCUT2D eigenvalue weighted by molar-refractivity contribution is 0.0817. The van der Waals surface area contributed by atoms with E-state index in [0.29, 0.717) is 42.0 Å². The van der Waals surface area contributed by atoms with Crippen LogP contribution in [0.5, 0.6) is 0 Å². The number of halogens is 3. The van der Waals surface area contributed by atoms with E-state index in [1.54, 1.807) is 18.2 Å². The summed E-state index contributed by atoms with van der Waals surface area (Å²) >= 11 is 13.0. The number of nitrogens with one attached hydrogen (secondary N) is 1. The van der Waals surface area contributed by atoms with Gasteiger partial charge >= 0.3 is 0 Å². The number of amidine groups is 1. The molecule has 0 aromatic carbocycles. The van der Waals surface area contributed by atoms with Crippen molar-refractivity contribution in [1.82, 2.24) is 20.0 Å². The number of aliphatic hydroxyl groups is 2. The second-order valence-corrected chi connectivity index (χ2v) is 12.6. The van der Waals surface area contributed by atoms with E-state index < -0.39 is 11.9 Å². The Morgan fingerprint density at radius 3 is 2.59 bits per heavy atom. The van der Waals surface area contributed by atoms with Gasteiger partial charge in [0.05, 0.1) is 5.03 Å². The summed E-state index contributed by atoms with van der Waals surface area (Å²) < 4.78 is 14.0. The molecule has 5 rings (SSSR count). The van der Waals surface area contributed by atoms with Gasteiger partial charge in [-0.2, -0.15) is 0 Å². The molecule has 0 saturated carbocycles. The molecule has 0 aromatic heterocycles. The first kappa shape index (κ1) is 32.5. The van der Waals surface area contributed by atoms with Crippen LogP contribution in [0, 0.1) is 0 Å². The summed E-state index contributed by atoms with van der Waals surface area (Å²) in [5.41, 5.74) is 4.03. The van der Waals surface area contributed by atoms with Crippen molar-refractivity contribution in [2.24, 2.45) is 4.99 Å². The molecule has 0 aromatic rings. The standard InChI is InChI=1S/C34H42Cl2FN5O2/c1-2-32(38-21-24-6-8-29(43)20-27(35)18-24)26-7-9-30(36)34(39-22-26)42-16-14-41(15-17-42)28-10-12-40(13-11-28)23-25-4-3-5-33(44)31(37)19-25/h2-5,8-9,18-20,22,28,33,38,43-44H,6-7,10-17,21,23H2,1H3/b32-2-. The Bertz CT molecular complexity index is 1390. The lowest BCUT2D eigenvalue weighted by atomic mass is 10.0. The summed E-state index contributed by atoms with van der Waals surface area (Å²) in [5.74, 6) is 0.512. The van der Waals surface area contributed by atoms with Crippen molar-refractivity contribution in [3.05, 3.63) is 105 Å². The van der Waals surface area contributed by atoms with Gasteiger partial charge in [-0.05, 0) is 92.8 Å². The zero-order valence-electron chi connectivity index (χ0n) is 25.2.